The summed E-state index contributed by atoms with van der Waals surface area (Å²) < 4.78 is 13.4. The molecule has 0 bridgehead atoms. The van der Waals surface area contributed by atoms with Gasteiger partial charge in [0.15, 0.2) is 0 Å². The maximum atomic E-state index is 13.4. The van der Waals surface area contributed by atoms with Crippen molar-refractivity contribution in [2.24, 2.45) is 0 Å². The van der Waals surface area contributed by atoms with Crippen molar-refractivity contribution < 1.29 is 9.31 Å². The van der Waals surface area contributed by atoms with Gasteiger partial charge in [-0.2, -0.15) is 0 Å². The first-order valence-electron chi connectivity index (χ1n) is 5.86. The van der Waals surface area contributed by atoms with Crippen molar-refractivity contribution in [3.8, 4) is 0 Å². The number of aromatic nitrogens is 1. The van der Waals surface area contributed by atoms with E-state index in [9.17, 15) is 14.5 Å². The molecule has 7 heteroatoms. The number of benzene rings is 1. The number of rotatable bonds is 5. The van der Waals surface area contributed by atoms with E-state index in [0.717, 1.165) is 0 Å². The summed E-state index contributed by atoms with van der Waals surface area (Å²) in [5.74, 6) is -0.221. The largest absolute Gasteiger partial charge is 0.364 e. The normalized spacial score (nSPS) is 10.3. The van der Waals surface area contributed by atoms with Crippen molar-refractivity contribution in [3.63, 3.8) is 0 Å². The molecule has 20 heavy (non-hydrogen) atoms. The lowest BCUT2D eigenvalue weighted by atomic mass is 10.1. The van der Waals surface area contributed by atoms with Crippen LogP contribution in [0.2, 0.25) is 5.15 Å². The highest BCUT2D eigenvalue weighted by Gasteiger charge is 2.15. The Bertz CT molecular complexity index is 637. The van der Waals surface area contributed by atoms with Gasteiger partial charge in [0.2, 0.25) is 5.82 Å². The molecule has 0 aliphatic heterocycles. The van der Waals surface area contributed by atoms with Gasteiger partial charge in [-0.25, -0.2) is 9.37 Å². The van der Waals surface area contributed by atoms with Gasteiger partial charge < -0.3 is 5.32 Å². The number of nitrogens with zero attached hydrogens (tertiary/aromatic N) is 2. The number of hydrogen-bond acceptors (Lipinski definition) is 4. The Labute approximate surface area is 119 Å². The molecule has 0 amide bonds. The summed E-state index contributed by atoms with van der Waals surface area (Å²) in [5, 5.41) is 13.8. The van der Waals surface area contributed by atoms with Gasteiger partial charge in [0.1, 0.15) is 11.0 Å². The van der Waals surface area contributed by atoms with E-state index in [4.69, 9.17) is 11.6 Å². The molecule has 104 valence electrons. The van der Waals surface area contributed by atoms with Gasteiger partial charge in [0.05, 0.1) is 4.92 Å². The molecule has 2 rings (SSSR count). The fourth-order valence-corrected chi connectivity index (χ4v) is 1.87. The second-order valence-corrected chi connectivity index (χ2v) is 4.41. The van der Waals surface area contributed by atoms with Gasteiger partial charge in [-0.3, -0.25) is 10.1 Å². The Hall–Kier alpha value is -2.21. The quantitative estimate of drug-likeness (QED) is 0.521. The number of pyridine rings is 1. The zero-order valence-electron chi connectivity index (χ0n) is 10.3. The smallest absolute Gasteiger partial charge is 0.311 e. The highest BCUT2D eigenvalue weighted by molar-refractivity contribution is 6.29. The summed E-state index contributed by atoms with van der Waals surface area (Å²) >= 11 is 5.71. The topological polar surface area (TPSA) is 68.1 Å². The first-order chi connectivity index (χ1) is 9.58. The van der Waals surface area contributed by atoms with E-state index in [1.54, 1.807) is 18.2 Å². The van der Waals surface area contributed by atoms with Crippen molar-refractivity contribution in [1.82, 2.24) is 4.98 Å². The molecule has 0 atom stereocenters. The Morgan fingerprint density at radius 1 is 1.30 bits per heavy atom. The number of hydrogen-bond donors (Lipinski definition) is 1. The van der Waals surface area contributed by atoms with Crippen LogP contribution in [0.1, 0.15) is 5.56 Å². The molecule has 1 aromatic heterocycles. The Morgan fingerprint density at radius 3 is 2.75 bits per heavy atom. The SMILES string of the molecule is O=[N+]([O-])c1ccc(Cl)nc1NCCc1ccccc1F. The summed E-state index contributed by atoms with van der Waals surface area (Å²) in [7, 11) is 0. The van der Waals surface area contributed by atoms with E-state index >= 15 is 0 Å². The van der Waals surface area contributed by atoms with Crippen LogP contribution in [0.15, 0.2) is 36.4 Å². The zero-order chi connectivity index (χ0) is 14.5. The molecule has 1 heterocycles. The maximum Gasteiger partial charge on any atom is 0.311 e. The molecule has 0 spiro atoms. The van der Waals surface area contributed by atoms with Crippen molar-refractivity contribution >= 4 is 23.1 Å². The van der Waals surface area contributed by atoms with Crippen LogP contribution in [0.4, 0.5) is 15.9 Å². The molecule has 0 fully saturated rings. The Kier molecular flexibility index (Phi) is 4.47. The second kappa shape index (κ2) is 6.29. The number of anilines is 1. The maximum absolute atomic E-state index is 13.4. The lowest BCUT2D eigenvalue weighted by molar-refractivity contribution is -0.384. The highest BCUT2D eigenvalue weighted by Crippen LogP contribution is 2.23. The summed E-state index contributed by atoms with van der Waals surface area (Å²) in [5.41, 5.74) is 0.368. The molecule has 5 nitrogen and oxygen atoms in total. The molecule has 0 aliphatic rings. The van der Waals surface area contributed by atoms with E-state index < -0.39 is 4.92 Å². The molecule has 1 aromatic carbocycles. The van der Waals surface area contributed by atoms with Crippen LogP contribution < -0.4 is 5.32 Å². The average molecular weight is 296 g/mol. The molecule has 0 saturated heterocycles. The van der Waals surface area contributed by atoms with E-state index in [1.165, 1.54) is 18.2 Å². The molecule has 0 aliphatic carbocycles. The van der Waals surface area contributed by atoms with Crippen LogP contribution in [0.3, 0.4) is 0 Å². The zero-order valence-corrected chi connectivity index (χ0v) is 11.1. The van der Waals surface area contributed by atoms with Crippen LogP contribution in [0.25, 0.3) is 0 Å². The summed E-state index contributed by atoms with van der Waals surface area (Å²) in [6.45, 7) is 0.315. The molecule has 0 radical (unpaired) electrons. The third-order valence-corrected chi connectivity index (χ3v) is 2.89. The third kappa shape index (κ3) is 3.42. The van der Waals surface area contributed by atoms with E-state index in [-0.39, 0.29) is 22.5 Å². The van der Waals surface area contributed by atoms with Crippen LogP contribution in [-0.2, 0) is 6.42 Å². The summed E-state index contributed by atoms with van der Waals surface area (Å²) in [6.07, 6.45) is 0.387. The van der Waals surface area contributed by atoms with Gasteiger partial charge in [0.25, 0.3) is 0 Å². The predicted octanol–water partition coefficient (Wildman–Crippen LogP) is 3.44. The first kappa shape index (κ1) is 14.2. The van der Waals surface area contributed by atoms with E-state index in [2.05, 4.69) is 10.3 Å². The first-order valence-corrected chi connectivity index (χ1v) is 6.24. The number of halogens is 2. The predicted molar refractivity (Wildman–Crippen MR) is 74.5 cm³/mol. The monoisotopic (exact) mass is 295 g/mol. The van der Waals surface area contributed by atoms with Crippen molar-refractivity contribution in [2.75, 3.05) is 11.9 Å². The summed E-state index contributed by atoms with van der Waals surface area (Å²) in [6, 6.07) is 9.00. The van der Waals surface area contributed by atoms with Crippen molar-refractivity contribution in [2.45, 2.75) is 6.42 Å². The minimum absolute atomic E-state index is 0.0823. The fraction of sp³-hybridized carbons (Fsp3) is 0.154. The van der Waals surface area contributed by atoms with E-state index in [0.29, 0.717) is 18.5 Å². The summed E-state index contributed by atoms with van der Waals surface area (Å²) in [4.78, 5) is 14.2. The van der Waals surface area contributed by atoms with Crippen LogP contribution in [0.5, 0.6) is 0 Å². The van der Waals surface area contributed by atoms with Gasteiger partial charge >= 0.3 is 5.69 Å². The number of nitro groups is 1. The van der Waals surface area contributed by atoms with Crippen molar-refractivity contribution in [1.29, 1.82) is 0 Å². The van der Waals surface area contributed by atoms with Crippen molar-refractivity contribution in [3.05, 3.63) is 63.0 Å². The molecular weight excluding hydrogens is 285 g/mol. The molecule has 2 aromatic rings. The van der Waals surface area contributed by atoms with Gasteiger partial charge in [-0.15, -0.1) is 0 Å². The minimum atomic E-state index is -0.547. The van der Waals surface area contributed by atoms with Crippen LogP contribution in [0, 0.1) is 15.9 Å². The Morgan fingerprint density at radius 2 is 2.05 bits per heavy atom. The number of nitrogens with one attached hydrogen (secondary N) is 1. The third-order valence-electron chi connectivity index (χ3n) is 2.68. The second-order valence-electron chi connectivity index (χ2n) is 4.03. The highest BCUT2D eigenvalue weighted by atomic mass is 35.5. The van der Waals surface area contributed by atoms with Gasteiger partial charge in [-0.1, -0.05) is 29.8 Å². The van der Waals surface area contributed by atoms with Crippen LogP contribution in [-0.4, -0.2) is 16.5 Å². The van der Waals surface area contributed by atoms with E-state index in [1.807, 2.05) is 0 Å². The molecule has 0 saturated carbocycles. The van der Waals surface area contributed by atoms with Gasteiger partial charge in [0, 0.05) is 12.6 Å². The molecule has 0 unspecified atom stereocenters. The molecular formula is C13H11ClFN3O2. The minimum Gasteiger partial charge on any atom is -0.364 e. The average Bonchev–Trinajstić information content (AvgIpc) is 2.41. The molecule has 1 N–H and O–H groups in total. The lowest BCUT2D eigenvalue weighted by Gasteiger charge is -2.07. The standard InChI is InChI=1S/C13H11ClFN3O2/c14-12-6-5-11(18(19)20)13(17-12)16-8-7-9-3-1-2-4-10(9)15/h1-6H,7-8H2,(H,16,17). The lowest BCUT2D eigenvalue weighted by Crippen LogP contribution is -2.09. The fourth-order valence-electron chi connectivity index (χ4n) is 1.72. The van der Waals surface area contributed by atoms with Gasteiger partial charge in [-0.05, 0) is 24.1 Å². The Balaban J connectivity index is 2.06. The van der Waals surface area contributed by atoms with Crippen LogP contribution >= 0.6 is 11.6 Å².